The van der Waals surface area contributed by atoms with Crippen LogP contribution in [0.3, 0.4) is 0 Å². The molecule has 4 heteroatoms. The Hall–Kier alpha value is -0.510. The molecule has 0 saturated carbocycles. The van der Waals surface area contributed by atoms with E-state index in [0.717, 1.165) is 12.1 Å². The molecule has 1 aliphatic rings. The maximum atomic E-state index is 8.59. The van der Waals surface area contributed by atoms with Gasteiger partial charge in [0.15, 0.2) is 5.04 Å². The summed E-state index contributed by atoms with van der Waals surface area (Å²) in [5, 5.41) is 12.4. The normalized spacial score (nSPS) is 25.7. The van der Waals surface area contributed by atoms with Crippen LogP contribution in [0.5, 0.6) is 0 Å². The Labute approximate surface area is 70.6 Å². The van der Waals surface area contributed by atoms with Crippen molar-refractivity contribution in [2.75, 3.05) is 0 Å². The van der Waals surface area contributed by atoms with Gasteiger partial charge in [0.2, 0.25) is 0 Å². The van der Waals surface area contributed by atoms with Crippen LogP contribution in [-0.4, -0.2) is 20.8 Å². The third-order valence-corrected chi connectivity index (χ3v) is 2.52. The molecule has 0 aromatic rings. The first kappa shape index (κ1) is 8.59. The second-order valence-electron chi connectivity index (χ2n) is 2.87. The Morgan fingerprint density at radius 2 is 2.27 bits per heavy atom. The maximum Gasteiger partial charge on any atom is 0.159 e. The molecule has 3 nitrogen and oxygen atoms in total. The fraction of sp³-hybridized carbons (Fsp3) is 0.714. The van der Waals surface area contributed by atoms with Gasteiger partial charge in [-0.15, -0.1) is 0 Å². The molecule has 0 aliphatic carbocycles. The second-order valence-corrected chi connectivity index (χ2v) is 4.46. The van der Waals surface area contributed by atoms with E-state index in [1.807, 2.05) is 20.8 Å². The molecule has 11 heavy (non-hydrogen) atoms. The Bertz CT molecular complexity index is 220. The summed E-state index contributed by atoms with van der Waals surface area (Å²) >= 11 is 1.50. The molecular weight excluding hydrogens is 160 g/mol. The third-order valence-electron chi connectivity index (χ3n) is 1.42. The van der Waals surface area contributed by atoms with E-state index >= 15 is 0 Å². The summed E-state index contributed by atoms with van der Waals surface area (Å²) < 4.78 is 0. The van der Waals surface area contributed by atoms with Crippen LogP contribution in [0.1, 0.15) is 27.2 Å². The zero-order valence-electron chi connectivity index (χ0n) is 6.96. The summed E-state index contributed by atoms with van der Waals surface area (Å²) in [6.07, 6.45) is 0.829. The molecule has 0 radical (unpaired) electrons. The van der Waals surface area contributed by atoms with Gasteiger partial charge in [-0.1, -0.05) is 23.8 Å². The van der Waals surface area contributed by atoms with Crippen molar-refractivity contribution < 1.29 is 5.21 Å². The van der Waals surface area contributed by atoms with E-state index in [4.69, 9.17) is 5.21 Å². The lowest BCUT2D eigenvalue weighted by molar-refractivity contribution is 0.321. The van der Waals surface area contributed by atoms with Gasteiger partial charge in [0, 0.05) is 0 Å². The van der Waals surface area contributed by atoms with E-state index < -0.39 is 0 Å². The largest absolute Gasteiger partial charge is 0.410 e. The summed E-state index contributed by atoms with van der Waals surface area (Å²) in [5.41, 5.74) is 0.905. The van der Waals surface area contributed by atoms with E-state index in [0.29, 0.717) is 5.04 Å². The topological polar surface area (TPSA) is 45.0 Å². The van der Waals surface area contributed by atoms with Crippen LogP contribution in [0.25, 0.3) is 0 Å². The minimum atomic E-state index is -0.146. The summed E-state index contributed by atoms with van der Waals surface area (Å²) in [7, 11) is 0. The fourth-order valence-electron chi connectivity index (χ4n) is 1.000. The minimum Gasteiger partial charge on any atom is -0.410 e. The minimum absolute atomic E-state index is 0.146. The molecule has 1 aliphatic heterocycles. The summed E-state index contributed by atoms with van der Waals surface area (Å²) in [6.45, 7) is 6.02. The van der Waals surface area contributed by atoms with Gasteiger partial charge in [-0.3, -0.25) is 4.99 Å². The van der Waals surface area contributed by atoms with Gasteiger partial charge in [0.25, 0.3) is 0 Å². The zero-order chi connectivity index (χ0) is 8.48. The van der Waals surface area contributed by atoms with Crippen molar-refractivity contribution in [2.24, 2.45) is 10.1 Å². The SMILES string of the molecule is CCC1=NC(C)(C)SC1=NO. The molecular formula is C7H12N2OS. The van der Waals surface area contributed by atoms with Crippen molar-refractivity contribution in [3.8, 4) is 0 Å². The molecule has 62 valence electrons. The Morgan fingerprint density at radius 1 is 1.64 bits per heavy atom. The van der Waals surface area contributed by atoms with E-state index in [-0.39, 0.29) is 4.87 Å². The van der Waals surface area contributed by atoms with Crippen molar-refractivity contribution in [3.63, 3.8) is 0 Å². The predicted octanol–water partition coefficient (Wildman–Crippen LogP) is 2.11. The molecule has 0 unspecified atom stereocenters. The van der Waals surface area contributed by atoms with Gasteiger partial charge in [0.1, 0.15) is 4.87 Å². The van der Waals surface area contributed by atoms with Crippen LogP contribution in [0, 0.1) is 0 Å². The van der Waals surface area contributed by atoms with Crippen LogP contribution in [-0.2, 0) is 0 Å². The Kier molecular flexibility index (Phi) is 2.23. The average Bonchev–Trinajstić information content (AvgIpc) is 2.25. The van der Waals surface area contributed by atoms with Crippen molar-refractivity contribution in [2.45, 2.75) is 32.1 Å². The van der Waals surface area contributed by atoms with Crippen LogP contribution in [0.4, 0.5) is 0 Å². The highest BCUT2D eigenvalue weighted by atomic mass is 32.2. The second kappa shape index (κ2) is 2.85. The fourth-order valence-corrected chi connectivity index (χ4v) is 1.98. The van der Waals surface area contributed by atoms with Crippen LogP contribution in [0.15, 0.2) is 10.1 Å². The average molecular weight is 172 g/mol. The summed E-state index contributed by atoms with van der Waals surface area (Å²) in [6, 6.07) is 0. The number of aliphatic imine (C=N–C) groups is 1. The van der Waals surface area contributed by atoms with Gasteiger partial charge in [-0.25, -0.2) is 0 Å². The number of thioether (sulfide) groups is 1. The van der Waals surface area contributed by atoms with Gasteiger partial charge in [-0.2, -0.15) is 0 Å². The lowest BCUT2D eigenvalue weighted by Gasteiger charge is -2.09. The molecule has 0 atom stereocenters. The van der Waals surface area contributed by atoms with Crippen LogP contribution in [0.2, 0.25) is 0 Å². The highest BCUT2D eigenvalue weighted by Crippen LogP contribution is 2.34. The monoisotopic (exact) mass is 172 g/mol. The maximum absolute atomic E-state index is 8.59. The zero-order valence-corrected chi connectivity index (χ0v) is 7.77. The highest BCUT2D eigenvalue weighted by molar-refractivity contribution is 8.17. The highest BCUT2D eigenvalue weighted by Gasteiger charge is 2.30. The Morgan fingerprint density at radius 3 is 2.64 bits per heavy atom. The van der Waals surface area contributed by atoms with Crippen molar-refractivity contribution in [3.05, 3.63) is 0 Å². The first-order valence-electron chi connectivity index (χ1n) is 3.59. The van der Waals surface area contributed by atoms with Crippen molar-refractivity contribution in [1.82, 2.24) is 0 Å². The quantitative estimate of drug-likeness (QED) is 0.486. The van der Waals surface area contributed by atoms with Crippen molar-refractivity contribution >= 4 is 22.5 Å². The van der Waals surface area contributed by atoms with E-state index in [1.165, 1.54) is 11.8 Å². The van der Waals surface area contributed by atoms with Gasteiger partial charge < -0.3 is 5.21 Å². The van der Waals surface area contributed by atoms with Crippen LogP contribution >= 0.6 is 11.8 Å². The number of nitrogens with zero attached hydrogens (tertiary/aromatic N) is 2. The molecule has 0 fully saturated rings. The van der Waals surface area contributed by atoms with Gasteiger partial charge in [0.05, 0.1) is 5.71 Å². The van der Waals surface area contributed by atoms with Crippen molar-refractivity contribution in [1.29, 1.82) is 0 Å². The standard InChI is InChI=1S/C7H12N2OS/c1-4-5-6(9-10)11-7(2,3)8-5/h10H,4H2,1-3H3. The lowest BCUT2D eigenvalue weighted by Crippen LogP contribution is -2.06. The number of hydrogen-bond acceptors (Lipinski definition) is 4. The van der Waals surface area contributed by atoms with E-state index in [1.54, 1.807) is 0 Å². The Balaban J connectivity index is 2.89. The predicted molar refractivity (Wildman–Crippen MR) is 48.6 cm³/mol. The number of oxime groups is 1. The number of hydrogen-bond donors (Lipinski definition) is 1. The van der Waals surface area contributed by atoms with Crippen LogP contribution < -0.4 is 0 Å². The molecule has 0 spiro atoms. The van der Waals surface area contributed by atoms with E-state index in [9.17, 15) is 0 Å². The first-order chi connectivity index (χ1) is 5.09. The molecule has 1 N–H and O–H groups in total. The molecule has 0 aromatic carbocycles. The van der Waals surface area contributed by atoms with Gasteiger partial charge in [-0.05, 0) is 20.3 Å². The molecule has 1 heterocycles. The number of rotatable bonds is 1. The lowest BCUT2D eigenvalue weighted by atomic mass is 10.3. The smallest absolute Gasteiger partial charge is 0.159 e. The summed E-state index contributed by atoms with van der Waals surface area (Å²) in [5.74, 6) is 0. The molecule has 0 saturated heterocycles. The summed E-state index contributed by atoms with van der Waals surface area (Å²) in [4.78, 5) is 4.23. The molecule has 0 aromatic heterocycles. The van der Waals surface area contributed by atoms with Gasteiger partial charge >= 0.3 is 0 Å². The molecule has 0 amide bonds. The third kappa shape index (κ3) is 1.74. The molecule has 0 bridgehead atoms. The molecule has 1 rings (SSSR count). The first-order valence-corrected chi connectivity index (χ1v) is 4.41. The van der Waals surface area contributed by atoms with E-state index in [2.05, 4.69) is 10.1 Å².